The molecule has 9 N–H and O–H groups in total. The molecule has 0 aliphatic heterocycles. The number of phosphoric ester groups is 1. The van der Waals surface area contributed by atoms with E-state index in [1.807, 2.05) is 0 Å². The van der Waals surface area contributed by atoms with Crippen LogP contribution in [0.25, 0.3) is 0 Å². The number of phosphoric acid groups is 1. The minimum atomic E-state index is -5.15. The number of carbonyl (C=O) groups excluding carboxylic acids is 1. The number of aliphatic hydroxyl groups excluding tert-OH is 7. The predicted octanol–water partition coefficient (Wildman–Crippen LogP) is 7.75. The average Bonchev–Trinajstić information content (AvgIpc) is 3.22. The second kappa shape index (κ2) is 35.9. The summed E-state index contributed by atoms with van der Waals surface area (Å²) in [6.07, 6.45) is 26.7. The third-order valence-corrected chi connectivity index (χ3v) is 12.2. The molecule has 1 aliphatic carbocycles. The van der Waals surface area contributed by atoms with Crippen LogP contribution in [0.3, 0.4) is 0 Å². The molecule has 0 aromatic carbocycles. The van der Waals surface area contributed by atoms with Gasteiger partial charge in [-0.05, 0) is 57.8 Å². The maximum absolute atomic E-state index is 13.0. The summed E-state index contributed by atoms with van der Waals surface area (Å²) in [5.74, 6) is -0.612. The summed E-state index contributed by atoms with van der Waals surface area (Å²) in [6, 6.07) is -1.26. The fourth-order valence-electron chi connectivity index (χ4n) is 7.31. The minimum Gasteiger partial charge on any atom is -0.393 e. The fourth-order valence-corrected chi connectivity index (χ4v) is 8.28. The molecule has 0 saturated heterocycles. The number of rotatable bonds is 38. The number of nitrogens with one attached hydrogen (secondary N) is 1. The number of hydrogen-bond acceptors (Lipinski definition) is 11. The quantitative estimate of drug-likeness (QED) is 0.0165. The van der Waals surface area contributed by atoms with Gasteiger partial charge in [0.05, 0.1) is 31.3 Å². The van der Waals surface area contributed by atoms with E-state index in [9.17, 15) is 50.0 Å². The molecular weight excluding hydrogens is 789 g/mol. The van der Waals surface area contributed by atoms with E-state index < -0.39 is 75.2 Å². The molecule has 60 heavy (non-hydrogen) atoms. The lowest BCUT2D eigenvalue weighted by Gasteiger charge is -2.41. The highest BCUT2D eigenvalue weighted by atomic mass is 31.2. The van der Waals surface area contributed by atoms with E-state index in [1.54, 1.807) is 6.08 Å². The van der Waals surface area contributed by atoms with Gasteiger partial charge in [0.2, 0.25) is 5.91 Å². The van der Waals surface area contributed by atoms with Gasteiger partial charge in [0.25, 0.3) is 0 Å². The number of amides is 1. The summed E-state index contributed by atoms with van der Waals surface area (Å²) in [5.41, 5.74) is 0. The van der Waals surface area contributed by atoms with Gasteiger partial charge in [0.15, 0.2) is 0 Å². The number of allylic oxidation sites excluding steroid dienone is 5. The van der Waals surface area contributed by atoms with Gasteiger partial charge in [-0.25, -0.2) is 4.57 Å². The van der Waals surface area contributed by atoms with Crippen molar-refractivity contribution in [1.29, 1.82) is 0 Å². The Balaban J connectivity index is 2.58. The molecule has 0 spiro atoms. The lowest BCUT2D eigenvalue weighted by Crippen LogP contribution is -2.64. The molecular formula is C46H86NO12P. The Bertz CT molecular complexity index is 1170. The van der Waals surface area contributed by atoms with Crippen LogP contribution in [0, 0.1) is 0 Å². The molecule has 1 aliphatic rings. The Kier molecular flexibility index (Phi) is 33.8. The smallest absolute Gasteiger partial charge is 0.393 e. The molecule has 1 rings (SSSR count). The van der Waals surface area contributed by atoms with Crippen molar-refractivity contribution < 1.29 is 59.0 Å². The van der Waals surface area contributed by atoms with Gasteiger partial charge in [-0.1, -0.05) is 159 Å². The first kappa shape index (κ1) is 56.5. The second-order valence-electron chi connectivity index (χ2n) is 16.8. The zero-order valence-electron chi connectivity index (χ0n) is 37.1. The van der Waals surface area contributed by atoms with E-state index in [2.05, 4.69) is 43.5 Å². The molecule has 0 radical (unpaired) electrons. The normalized spacial score (nSPS) is 23.7. The van der Waals surface area contributed by atoms with E-state index in [0.717, 1.165) is 51.4 Å². The molecule has 1 amide bonds. The third kappa shape index (κ3) is 27.6. The Morgan fingerprint density at radius 3 is 1.47 bits per heavy atom. The Labute approximate surface area is 362 Å². The van der Waals surface area contributed by atoms with Gasteiger partial charge in [-0.15, -0.1) is 0 Å². The molecule has 13 nitrogen and oxygen atoms in total. The van der Waals surface area contributed by atoms with Crippen LogP contribution in [0.2, 0.25) is 0 Å². The monoisotopic (exact) mass is 876 g/mol. The SMILES string of the molecule is CCCCCCCCCC/C=C/CC/C=C/C(O)C(COP(=O)(O)OC1C(O)C(O)C(O)C(O)C1O)NC(=O)CC(O)CCCCC/C=C\CCCCCCCCCCC. The highest BCUT2D eigenvalue weighted by molar-refractivity contribution is 7.47. The number of hydrogen-bond donors (Lipinski definition) is 9. The van der Waals surface area contributed by atoms with Crippen LogP contribution >= 0.6 is 7.82 Å². The summed E-state index contributed by atoms with van der Waals surface area (Å²) < 4.78 is 22.8. The van der Waals surface area contributed by atoms with Gasteiger partial charge in [0, 0.05) is 0 Å². The van der Waals surface area contributed by atoms with Crippen LogP contribution in [-0.4, -0.2) is 108 Å². The van der Waals surface area contributed by atoms with Crippen molar-refractivity contribution in [3.63, 3.8) is 0 Å². The zero-order valence-corrected chi connectivity index (χ0v) is 38.0. The van der Waals surface area contributed by atoms with Crippen LogP contribution in [0.4, 0.5) is 0 Å². The van der Waals surface area contributed by atoms with E-state index in [4.69, 9.17) is 9.05 Å². The van der Waals surface area contributed by atoms with Crippen LogP contribution in [0.15, 0.2) is 36.5 Å². The molecule has 8 unspecified atom stereocenters. The van der Waals surface area contributed by atoms with Crippen molar-refractivity contribution >= 4 is 13.7 Å². The van der Waals surface area contributed by atoms with Crippen LogP contribution < -0.4 is 5.32 Å². The Morgan fingerprint density at radius 1 is 0.583 bits per heavy atom. The second-order valence-corrected chi connectivity index (χ2v) is 18.2. The number of unbranched alkanes of at least 4 members (excludes halogenated alkanes) is 21. The summed E-state index contributed by atoms with van der Waals surface area (Å²) in [5, 5.41) is 74.4. The molecule has 0 aromatic rings. The van der Waals surface area contributed by atoms with Crippen molar-refractivity contribution in [3.8, 4) is 0 Å². The van der Waals surface area contributed by atoms with E-state index in [1.165, 1.54) is 109 Å². The van der Waals surface area contributed by atoms with E-state index in [-0.39, 0.29) is 6.42 Å². The maximum Gasteiger partial charge on any atom is 0.472 e. The van der Waals surface area contributed by atoms with E-state index in [0.29, 0.717) is 12.8 Å². The van der Waals surface area contributed by atoms with Gasteiger partial charge in [-0.3, -0.25) is 13.8 Å². The van der Waals surface area contributed by atoms with Crippen LogP contribution in [0.1, 0.15) is 187 Å². The summed E-state index contributed by atoms with van der Waals surface area (Å²) in [6.45, 7) is 3.71. The van der Waals surface area contributed by atoms with Crippen molar-refractivity contribution in [2.24, 2.45) is 0 Å². The molecule has 0 aromatic heterocycles. The van der Waals surface area contributed by atoms with Gasteiger partial charge in [0.1, 0.15) is 36.6 Å². The molecule has 14 heteroatoms. The van der Waals surface area contributed by atoms with Gasteiger partial charge < -0.3 is 46.0 Å². The third-order valence-electron chi connectivity index (χ3n) is 11.2. The first-order valence-electron chi connectivity index (χ1n) is 23.5. The number of aliphatic hydroxyl groups is 7. The molecule has 0 bridgehead atoms. The fraction of sp³-hybridized carbons (Fsp3) is 0.848. The highest BCUT2D eigenvalue weighted by Gasteiger charge is 2.51. The number of carbonyl (C=O) groups is 1. The maximum atomic E-state index is 13.0. The largest absolute Gasteiger partial charge is 0.472 e. The lowest BCUT2D eigenvalue weighted by molar-refractivity contribution is -0.220. The molecule has 8 atom stereocenters. The first-order valence-corrected chi connectivity index (χ1v) is 25.0. The van der Waals surface area contributed by atoms with Crippen molar-refractivity contribution in [3.05, 3.63) is 36.5 Å². The molecule has 0 heterocycles. The zero-order chi connectivity index (χ0) is 44.4. The van der Waals surface area contributed by atoms with E-state index >= 15 is 0 Å². The van der Waals surface area contributed by atoms with Gasteiger partial charge in [-0.2, -0.15) is 0 Å². The molecule has 1 fully saturated rings. The van der Waals surface area contributed by atoms with Crippen molar-refractivity contribution in [2.45, 2.75) is 242 Å². The summed E-state index contributed by atoms with van der Waals surface area (Å²) >= 11 is 0. The van der Waals surface area contributed by atoms with Gasteiger partial charge >= 0.3 is 7.82 Å². The summed E-state index contributed by atoms with van der Waals surface area (Å²) in [7, 11) is -5.15. The Hall–Kier alpha value is -1.48. The predicted molar refractivity (Wildman–Crippen MR) is 238 cm³/mol. The topological polar surface area (TPSA) is 226 Å². The Morgan fingerprint density at radius 2 is 0.983 bits per heavy atom. The van der Waals surface area contributed by atoms with Crippen LogP contribution in [-0.2, 0) is 18.4 Å². The average molecular weight is 876 g/mol. The summed E-state index contributed by atoms with van der Waals surface area (Å²) in [4.78, 5) is 23.4. The minimum absolute atomic E-state index is 0.263. The lowest BCUT2D eigenvalue weighted by atomic mass is 9.85. The first-order chi connectivity index (χ1) is 28.8. The molecule has 1 saturated carbocycles. The van der Waals surface area contributed by atoms with Crippen LogP contribution in [0.5, 0.6) is 0 Å². The highest BCUT2D eigenvalue weighted by Crippen LogP contribution is 2.47. The molecule has 352 valence electrons. The van der Waals surface area contributed by atoms with Crippen molar-refractivity contribution in [2.75, 3.05) is 6.61 Å². The standard InChI is InChI=1S/C46H86NO12P/c1-3-5-7-9-11-13-15-17-19-20-21-23-25-27-29-31-33-37(48)35-40(50)47-38(36-58-60(56,57)59-46-44(54)42(52)41(51)43(53)45(46)55)39(49)34-32-30-28-26-24-22-18-16-14-12-10-8-6-4-2/h21,23-24,26,32,34,37-39,41-46,48-49,51-55H,3-20,22,25,27-31,33,35-36H2,1-2H3,(H,47,50)(H,56,57)/b23-21-,26-24+,34-32+. The van der Waals surface area contributed by atoms with Crippen molar-refractivity contribution in [1.82, 2.24) is 5.32 Å².